The van der Waals surface area contributed by atoms with Crippen LogP contribution >= 0.6 is 39.9 Å². The van der Waals surface area contributed by atoms with Gasteiger partial charge in [-0.15, -0.1) is 6.58 Å². The molecule has 0 spiro atoms. The molecule has 2 amide bonds. The lowest BCUT2D eigenvalue weighted by Gasteiger charge is -2.13. The second-order valence-electron chi connectivity index (χ2n) is 7.24. The number of hydrogen-bond donors (Lipinski definition) is 1. The van der Waals surface area contributed by atoms with E-state index < -0.39 is 0 Å². The molecule has 1 saturated heterocycles. The van der Waals surface area contributed by atoms with Crippen molar-refractivity contribution in [3.63, 3.8) is 0 Å². The first-order chi connectivity index (χ1) is 15.7. The van der Waals surface area contributed by atoms with Crippen molar-refractivity contribution in [3.8, 4) is 11.5 Å². The first-order valence-electron chi connectivity index (χ1n) is 9.97. The molecular weight excluding hydrogens is 524 g/mol. The fourth-order valence-electron chi connectivity index (χ4n) is 3.04. The van der Waals surface area contributed by atoms with E-state index in [0.29, 0.717) is 33.0 Å². The van der Waals surface area contributed by atoms with Gasteiger partial charge < -0.3 is 14.8 Å². The Labute approximate surface area is 211 Å². The van der Waals surface area contributed by atoms with Gasteiger partial charge in [-0.05, 0) is 76.8 Å². The fourth-order valence-corrected chi connectivity index (χ4v) is 4.87. The van der Waals surface area contributed by atoms with Crippen LogP contribution in [-0.4, -0.2) is 41.3 Å². The lowest BCUT2D eigenvalue weighted by Crippen LogP contribution is -2.27. The Morgan fingerprint density at radius 2 is 1.97 bits per heavy atom. The van der Waals surface area contributed by atoms with Gasteiger partial charge in [0.15, 0.2) is 18.1 Å². The molecule has 0 bridgehead atoms. The molecule has 0 aliphatic carbocycles. The van der Waals surface area contributed by atoms with E-state index in [9.17, 15) is 9.59 Å². The largest absolute Gasteiger partial charge is 0.493 e. The number of thioether (sulfide) groups is 1. The molecule has 1 N–H and O–H groups in total. The molecule has 0 atom stereocenters. The quantitative estimate of drug-likeness (QED) is 0.268. The maximum atomic E-state index is 12.5. The normalized spacial score (nSPS) is 14.5. The van der Waals surface area contributed by atoms with Gasteiger partial charge in [0.05, 0.1) is 17.7 Å². The highest BCUT2D eigenvalue weighted by Gasteiger charge is 2.31. The zero-order valence-electron chi connectivity index (χ0n) is 18.4. The van der Waals surface area contributed by atoms with Crippen molar-refractivity contribution in [2.75, 3.05) is 25.6 Å². The summed E-state index contributed by atoms with van der Waals surface area (Å²) >= 11 is 9.98. The molecule has 2 aromatic rings. The maximum Gasteiger partial charge on any atom is 0.266 e. The van der Waals surface area contributed by atoms with Crippen LogP contribution in [-0.2, 0) is 9.59 Å². The molecule has 9 heteroatoms. The molecule has 0 radical (unpaired) electrons. The van der Waals surface area contributed by atoms with Gasteiger partial charge in [0.1, 0.15) is 4.32 Å². The van der Waals surface area contributed by atoms with Crippen LogP contribution in [0.5, 0.6) is 11.5 Å². The first kappa shape index (κ1) is 25.0. The van der Waals surface area contributed by atoms with Crippen molar-refractivity contribution in [1.29, 1.82) is 0 Å². The van der Waals surface area contributed by atoms with Crippen LogP contribution < -0.4 is 14.8 Å². The molecule has 0 aromatic heterocycles. The number of ether oxygens (including phenoxy) is 2. The molecule has 33 heavy (non-hydrogen) atoms. The molecule has 1 aliphatic heterocycles. The van der Waals surface area contributed by atoms with Crippen LogP contribution in [0.3, 0.4) is 0 Å². The molecule has 1 heterocycles. The van der Waals surface area contributed by atoms with Crippen LogP contribution in [0.2, 0.25) is 0 Å². The monoisotopic (exact) mass is 546 g/mol. The van der Waals surface area contributed by atoms with Gasteiger partial charge in [0.2, 0.25) is 0 Å². The lowest BCUT2D eigenvalue weighted by atomic mass is 10.1. The number of nitrogens with one attached hydrogen (secondary N) is 1. The molecule has 1 aliphatic rings. The number of methoxy groups -OCH3 is 1. The summed E-state index contributed by atoms with van der Waals surface area (Å²) in [5, 5.41) is 2.84. The van der Waals surface area contributed by atoms with Crippen molar-refractivity contribution in [3.05, 3.63) is 69.1 Å². The predicted molar refractivity (Wildman–Crippen MR) is 141 cm³/mol. The van der Waals surface area contributed by atoms with Gasteiger partial charge in [-0.2, -0.15) is 0 Å². The number of carbonyl (C=O) groups excluding carboxylic acids is 2. The minimum atomic E-state index is -0.295. The van der Waals surface area contributed by atoms with Gasteiger partial charge in [0, 0.05) is 11.0 Å². The van der Waals surface area contributed by atoms with Crippen molar-refractivity contribution in [2.45, 2.75) is 13.8 Å². The number of aryl methyl sites for hydroxylation is 2. The smallest absolute Gasteiger partial charge is 0.266 e. The van der Waals surface area contributed by atoms with Gasteiger partial charge in [-0.3, -0.25) is 14.5 Å². The molecule has 1 fully saturated rings. The summed E-state index contributed by atoms with van der Waals surface area (Å²) in [6, 6.07) is 9.10. The Kier molecular flexibility index (Phi) is 8.34. The Morgan fingerprint density at radius 1 is 1.24 bits per heavy atom. The SMILES string of the molecule is C=CCN1C(=O)C(=Cc2ccc(OCC(=O)Nc3cc(C)c(C)cc3Br)c(OC)c2)SC1=S. The van der Waals surface area contributed by atoms with E-state index in [1.54, 1.807) is 30.4 Å². The van der Waals surface area contributed by atoms with E-state index in [2.05, 4.69) is 27.8 Å². The fraction of sp³-hybridized carbons (Fsp3) is 0.208. The zero-order valence-corrected chi connectivity index (χ0v) is 21.7. The van der Waals surface area contributed by atoms with E-state index in [1.807, 2.05) is 26.0 Å². The van der Waals surface area contributed by atoms with Crippen LogP contribution in [0.15, 0.2) is 52.4 Å². The van der Waals surface area contributed by atoms with E-state index in [1.165, 1.54) is 23.8 Å². The Bertz CT molecular complexity index is 1160. The molecule has 0 saturated carbocycles. The van der Waals surface area contributed by atoms with Gasteiger partial charge in [-0.1, -0.05) is 36.1 Å². The maximum absolute atomic E-state index is 12.5. The van der Waals surface area contributed by atoms with Crippen molar-refractivity contribution in [2.24, 2.45) is 0 Å². The average molecular weight is 547 g/mol. The Balaban J connectivity index is 1.69. The lowest BCUT2D eigenvalue weighted by molar-refractivity contribution is -0.121. The second-order valence-corrected chi connectivity index (χ2v) is 9.77. The third kappa shape index (κ3) is 6.04. The number of rotatable bonds is 8. The van der Waals surface area contributed by atoms with Gasteiger partial charge in [0.25, 0.3) is 11.8 Å². The number of carbonyl (C=O) groups is 2. The summed E-state index contributed by atoms with van der Waals surface area (Å²) in [4.78, 5) is 27.0. The molecule has 2 aromatic carbocycles. The summed E-state index contributed by atoms with van der Waals surface area (Å²) in [7, 11) is 1.52. The van der Waals surface area contributed by atoms with Crippen LogP contribution in [0, 0.1) is 13.8 Å². The molecule has 172 valence electrons. The number of halogens is 1. The van der Waals surface area contributed by atoms with Gasteiger partial charge in [-0.25, -0.2) is 0 Å². The van der Waals surface area contributed by atoms with Crippen LogP contribution in [0.1, 0.15) is 16.7 Å². The summed E-state index contributed by atoms with van der Waals surface area (Å²) < 4.78 is 12.4. The summed E-state index contributed by atoms with van der Waals surface area (Å²) in [5.74, 6) is 0.419. The summed E-state index contributed by atoms with van der Waals surface area (Å²) in [5.41, 5.74) is 3.64. The van der Waals surface area contributed by atoms with E-state index in [-0.39, 0.29) is 18.4 Å². The van der Waals surface area contributed by atoms with E-state index in [4.69, 9.17) is 21.7 Å². The highest BCUT2D eigenvalue weighted by Crippen LogP contribution is 2.34. The number of amides is 2. The number of hydrogen-bond acceptors (Lipinski definition) is 6. The number of nitrogens with zero attached hydrogens (tertiary/aromatic N) is 1. The highest BCUT2D eigenvalue weighted by molar-refractivity contribution is 9.10. The predicted octanol–water partition coefficient (Wildman–Crippen LogP) is 5.48. The van der Waals surface area contributed by atoms with Crippen LogP contribution in [0.4, 0.5) is 5.69 Å². The van der Waals surface area contributed by atoms with E-state index >= 15 is 0 Å². The van der Waals surface area contributed by atoms with Crippen LogP contribution in [0.25, 0.3) is 6.08 Å². The second kappa shape index (κ2) is 11.0. The summed E-state index contributed by atoms with van der Waals surface area (Å²) in [6.45, 7) is 7.84. The number of benzene rings is 2. The summed E-state index contributed by atoms with van der Waals surface area (Å²) in [6.07, 6.45) is 3.39. The molecule has 6 nitrogen and oxygen atoms in total. The topological polar surface area (TPSA) is 67.9 Å². The Morgan fingerprint density at radius 3 is 2.67 bits per heavy atom. The van der Waals surface area contributed by atoms with E-state index in [0.717, 1.165) is 21.2 Å². The van der Waals surface area contributed by atoms with Gasteiger partial charge >= 0.3 is 0 Å². The minimum Gasteiger partial charge on any atom is -0.493 e. The molecular formula is C24H23BrN2O4S2. The average Bonchev–Trinajstić information content (AvgIpc) is 3.04. The van der Waals surface area contributed by atoms with Crippen molar-refractivity contribution in [1.82, 2.24) is 4.90 Å². The Hall–Kier alpha value is -2.62. The third-order valence-corrected chi connectivity index (χ3v) is 6.92. The van der Waals surface area contributed by atoms with Crippen molar-refractivity contribution >= 4 is 67.8 Å². The zero-order chi connectivity index (χ0) is 24.1. The number of anilines is 1. The third-order valence-electron chi connectivity index (χ3n) is 4.89. The minimum absolute atomic E-state index is 0.154. The van der Waals surface area contributed by atoms with Crippen molar-refractivity contribution < 1.29 is 19.1 Å². The molecule has 0 unspecified atom stereocenters. The highest BCUT2D eigenvalue weighted by atomic mass is 79.9. The number of thiocarbonyl (C=S) groups is 1. The first-order valence-corrected chi connectivity index (χ1v) is 12.0. The standard InChI is InChI=1S/C24H23BrN2O4S2/c1-5-8-27-23(29)21(33-24(27)32)12-16-6-7-19(20(11-16)30-4)31-13-22(28)26-18-10-15(3)14(2)9-17(18)25/h5-7,9-12H,1,8,13H2,2-4H3,(H,26,28). The molecule has 3 rings (SSSR count).